The van der Waals surface area contributed by atoms with Gasteiger partial charge in [0, 0.05) is 42.7 Å². The second kappa shape index (κ2) is 9.71. The lowest BCUT2D eigenvalue weighted by Crippen LogP contribution is -2.38. The van der Waals surface area contributed by atoms with E-state index in [-0.39, 0.29) is 23.7 Å². The zero-order valence-electron chi connectivity index (χ0n) is 17.3. The monoisotopic (exact) mass is 450 g/mol. The number of benzene rings is 2. The molecule has 0 radical (unpaired) electrons. The summed E-state index contributed by atoms with van der Waals surface area (Å²) in [6.07, 6.45) is 1.62. The third-order valence-corrected chi connectivity index (χ3v) is 5.99. The van der Waals surface area contributed by atoms with Gasteiger partial charge in [0.2, 0.25) is 0 Å². The lowest BCUT2D eigenvalue weighted by atomic mass is 10.1. The first kappa shape index (κ1) is 21.7. The van der Waals surface area contributed by atoms with Crippen molar-refractivity contribution >= 4 is 33.8 Å². The van der Waals surface area contributed by atoms with Gasteiger partial charge in [-0.3, -0.25) is 19.8 Å². The van der Waals surface area contributed by atoms with Crippen LogP contribution in [0.5, 0.6) is 0 Å². The number of aromatic nitrogens is 1. The molecule has 0 saturated carbocycles. The molecular weight excluding hydrogens is 428 g/mol. The minimum Gasteiger partial charge on any atom is -0.378 e. The Labute approximate surface area is 189 Å². The zero-order valence-corrected chi connectivity index (χ0v) is 18.2. The summed E-state index contributed by atoms with van der Waals surface area (Å²) in [5.41, 5.74) is 2.50. The number of carbonyl (C=O) groups excluding carboxylic acids is 1. The number of nitrogens with zero attached hydrogens (tertiary/aromatic N) is 4. The Morgan fingerprint density at radius 1 is 1.25 bits per heavy atom. The highest BCUT2D eigenvalue weighted by Crippen LogP contribution is 2.32. The van der Waals surface area contributed by atoms with Crippen molar-refractivity contribution < 1.29 is 14.5 Å². The molecule has 2 aromatic carbocycles. The van der Waals surface area contributed by atoms with Crippen molar-refractivity contribution in [2.24, 2.45) is 0 Å². The van der Waals surface area contributed by atoms with E-state index in [0.717, 1.165) is 11.3 Å². The fourth-order valence-corrected chi connectivity index (χ4v) is 4.38. The average Bonchev–Trinajstić information content (AvgIpc) is 3.33. The molecule has 0 N–H and O–H groups in total. The number of nitro benzene ring substituents is 1. The maximum atomic E-state index is 13.7. The highest BCUT2D eigenvalue weighted by atomic mass is 32.1. The van der Waals surface area contributed by atoms with Crippen LogP contribution in [-0.4, -0.2) is 48.7 Å². The van der Waals surface area contributed by atoms with Crippen molar-refractivity contribution in [1.29, 1.82) is 0 Å². The van der Waals surface area contributed by atoms with Gasteiger partial charge in [-0.15, -0.1) is 17.9 Å². The normalized spacial score (nSPS) is 13.6. The lowest BCUT2D eigenvalue weighted by molar-refractivity contribution is -0.384. The second-order valence-corrected chi connectivity index (χ2v) is 7.98. The number of amides is 1. The first-order valence-corrected chi connectivity index (χ1v) is 11.0. The van der Waals surface area contributed by atoms with E-state index in [1.54, 1.807) is 12.1 Å². The number of morpholine rings is 1. The van der Waals surface area contributed by atoms with Gasteiger partial charge in [0.25, 0.3) is 11.6 Å². The predicted molar refractivity (Wildman–Crippen MR) is 126 cm³/mol. The van der Waals surface area contributed by atoms with E-state index in [0.29, 0.717) is 37.1 Å². The molecule has 1 aliphatic rings. The first-order valence-electron chi connectivity index (χ1n) is 10.1. The Bertz CT molecular complexity index is 1130. The van der Waals surface area contributed by atoms with E-state index < -0.39 is 4.92 Å². The Kier molecular flexibility index (Phi) is 6.58. The molecule has 1 fully saturated rings. The van der Waals surface area contributed by atoms with Gasteiger partial charge >= 0.3 is 0 Å². The summed E-state index contributed by atoms with van der Waals surface area (Å²) >= 11 is 1.35. The summed E-state index contributed by atoms with van der Waals surface area (Å²) in [5.74, 6) is -0.357. The number of hydrogen-bond donors (Lipinski definition) is 0. The largest absolute Gasteiger partial charge is 0.378 e. The van der Waals surface area contributed by atoms with Gasteiger partial charge in [0.15, 0.2) is 5.13 Å². The van der Waals surface area contributed by atoms with E-state index in [4.69, 9.17) is 4.74 Å². The molecule has 0 bridgehead atoms. The van der Waals surface area contributed by atoms with Crippen LogP contribution in [0.1, 0.15) is 10.4 Å². The molecule has 164 valence electrons. The zero-order chi connectivity index (χ0) is 22.5. The molecule has 1 amide bonds. The first-order chi connectivity index (χ1) is 15.6. The highest BCUT2D eigenvalue weighted by Gasteiger charge is 2.27. The molecule has 0 atom stereocenters. The molecular formula is C23H22N4O4S. The number of nitro groups is 1. The fraction of sp³-hybridized carbons (Fsp3) is 0.217. The number of thiazole rings is 1. The van der Waals surface area contributed by atoms with Crippen molar-refractivity contribution in [2.45, 2.75) is 0 Å². The summed E-state index contributed by atoms with van der Waals surface area (Å²) in [7, 11) is 0. The van der Waals surface area contributed by atoms with Crippen molar-refractivity contribution in [2.75, 3.05) is 42.6 Å². The van der Waals surface area contributed by atoms with E-state index in [2.05, 4.69) is 11.6 Å². The molecule has 0 unspecified atom stereocenters. The topological polar surface area (TPSA) is 88.8 Å². The van der Waals surface area contributed by atoms with Gasteiger partial charge < -0.3 is 9.64 Å². The number of hydrogen-bond acceptors (Lipinski definition) is 7. The van der Waals surface area contributed by atoms with Gasteiger partial charge in [-0.1, -0.05) is 36.4 Å². The van der Waals surface area contributed by atoms with Gasteiger partial charge in [-0.05, 0) is 6.07 Å². The fourth-order valence-electron chi connectivity index (χ4n) is 3.54. The van der Waals surface area contributed by atoms with Crippen LogP contribution in [0.4, 0.5) is 16.5 Å². The summed E-state index contributed by atoms with van der Waals surface area (Å²) in [6, 6.07) is 14.1. The molecule has 2 heterocycles. The van der Waals surface area contributed by atoms with Crippen LogP contribution in [0.25, 0.3) is 11.3 Å². The number of anilines is 2. The molecule has 32 heavy (non-hydrogen) atoms. The third kappa shape index (κ3) is 4.53. The van der Waals surface area contributed by atoms with Crippen LogP contribution < -0.4 is 9.80 Å². The van der Waals surface area contributed by atoms with Crippen LogP contribution >= 0.6 is 11.3 Å². The average molecular weight is 451 g/mol. The molecule has 1 aliphatic heterocycles. The quantitative estimate of drug-likeness (QED) is 0.301. The Hall–Kier alpha value is -3.56. The maximum Gasteiger partial charge on any atom is 0.270 e. The molecule has 9 heteroatoms. The van der Waals surface area contributed by atoms with E-state index in [9.17, 15) is 14.9 Å². The van der Waals surface area contributed by atoms with Crippen molar-refractivity contribution in [3.63, 3.8) is 0 Å². The van der Waals surface area contributed by atoms with Crippen LogP contribution in [0.15, 0.2) is 66.6 Å². The van der Waals surface area contributed by atoms with Gasteiger partial charge in [-0.25, -0.2) is 4.98 Å². The highest BCUT2D eigenvalue weighted by molar-refractivity contribution is 7.14. The molecule has 3 aromatic rings. The van der Waals surface area contributed by atoms with E-state index in [1.165, 1.54) is 28.4 Å². The van der Waals surface area contributed by atoms with Gasteiger partial charge in [0.05, 0.1) is 35.1 Å². The number of ether oxygens (including phenoxy) is 1. The van der Waals surface area contributed by atoms with Crippen molar-refractivity contribution in [3.8, 4) is 11.3 Å². The molecule has 1 aromatic heterocycles. The number of non-ortho nitro benzene ring substituents is 1. The van der Waals surface area contributed by atoms with Crippen molar-refractivity contribution in [3.05, 3.63) is 82.2 Å². The second-order valence-electron chi connectivity index (χ2n) is 7.14. The Morgan fingerprint density at radius 3 is 2.69 bits per heavy atom. The Balaban J connectivity index is 1.73. The van der Waals surface area contributed by atoms with E-state index >= 15 is 0 Å². The SMILES string of the molecule is C=CCN(C(=O)c1cc([N+](=O)[O-])ccc1N1CCOCC1)c1nc(-c2ccccc2)cs1. The van der Waals surface area contributed by atoms with Crippen LogP contribution in [0.2, 0.25) is 0 Å². The van der Waals surface area contributed by atoms with Gasteiger partial charge in [0.1, 0.15) is 0 Å². The molecule has 4 rings (SSSR count). The molecule has 0 aliphatic carbocycles. The van der Waals surface area contributed by atoms with Crippen molar-refractivity contribution in [1.82, 2.24) is 4.98 Å². The lowest BCUT2D eigenvalue weighted by Gasteiger charge is -2.31. The summed E-state index contributed by atoms with van der Waals surface area (Å²) < 4.78 is 5.42. The summed E-state index contributed by atoms with van der Waals surface area (Å²) in [6.45, 7) is 6.28. The standard InChI is InChI=1S/C23H22N4O4S/c1-2-10-26(23-24-20(16-32-23)17-6-4-3-5-7-17)22(28)19-15-18(27(29)30)8-9-21(19)25-11-13-31-14-12-25/h2-9,15-16H,1,10-14H2. The minimum atomic E-state index is -0.491. The number of rotatable bonds is 7. The van der Waals surface area contributed by atoms with Gasteiger partial charge in [-0.2, -0.15) is 0 Å². The van der Waals surface area contributed by atoms with Crippen LogP contribution in [-0.2, 0) is 4.74 Å². The third-order valence-electron chi connectivity index (χ3n) is 5.12. The summed E-state index contributed by atoms with van der Waals surface area (Å²) in [5, 5.41) is 13.8. The van der Waals surface area contributed by atoms with Crippen LogP contribution in [0.3, 0.4) is 0 Å². The summed E-state index contributed by atoms with van der Waals surface area (Å²) in [4.78, 5) is 32.8. The Morgan fingerprint density at radius 2 is 2.00 bits per heavy atom. The predicted octanol–water partition coefficient (Wildman–Crippen LogP) is 4.39. The number of carbonyl (C=O) groups is 1. The van der Waals surface area contributed by atoms with Crippen LogP contribution in [0, 0.1) is 10.1 Å². The molecule has 8 nitrogen and oxygen atoms in total. The minimum absolute atomic E-state index is 0.131. The molecule has 1 saturated heterocycles. The molecule has 0 spiro atoms. The van der Waals surface area contributed by atoms with E-state index in [1.807, 2.05) is 40.6 Å². The maximum absolute atomic E-state index is 13.7. The smallest absolute Gasteiger partial charge is 0.270 e.